The van der Waals surface area contributed by atoms with Gasteiger partial charge in [0.1, 0.15) is 11.5 Å². The third-order valence-electron chi connectivity index (χ3n) is 4.12. The van der Waals surface area contributed by atoms with Gasteiger partial charge in [-0.2, -0.15) is 0 Å². The van der Waals surface area contributed by atoms with Crippen molar-refractivity contribution in [1.82, 2.24) is 4.90 Å². The van der Waals surface area contributed by atoms with Crippen LogP contribution in [0.3, 0.4) is 0 Å². The van der Waals surface area contributed by atoms with Crippen LogP contribution in [0, 0.1) is 12.8 Å². The molecule has 2 atom stereocenters. The number of nitrogens with zero attached hydrogens (tertiary/aromatic N) is 1. The van der Waals surface area contributed by atoms with E-state index < -0.39 is 0 Å². The molecule has 1 heterocycles. The Morgan fingerprint density at radius 2 is 2.20 bits per heavy atom. The number of hydrogen-bond donors (Lipinski definition) is 1. The molecule has 114 valence electrons. The Kier molecular flexibility index (Phi) is 5.66. The Morgan fingerprint density at radius 3 is 2.75 bits per heavy atom. The van der Waals surface area contributed by atoms with Crippen LogP contribution in [0.5, 0.6) is 0 Å². The number of carbonyl (C=O) groups is 1. The second-order valence-electron chi connectivity index (χ2n) is 6.01. The molecule has 0 saturated heterocycles. The molecular formula is C15H25ClN2O2. The van der Waals surface area contributed by atoms with Crippen molar-refractivity contribution in [3.63, 3.8) is 0 Å². The third kappa shape index (κ3) is 3.76. The smallest absolute Gasteiger partial charge is 0.227 e. The summed E-state index contributed by atoms with van der Waals surface area (Å²) in [4.78, 5) is 14.3. The van der Waals surface area contributed by atoms with Crippen molar-refractivity contribution in [3.05, 3.63) is 23.7 Å². The lowest BCUT2D eigenvalue weighted by Crippen LogP contribution is -2.52. The van der Waals surface area contributed by atoms with Gasteiger partial charge in [0.25, 0.3) is 0 Å². The molecule has 0 aromatic carbocycles. The van der Waals surface area contributed by atoms with Crippen molar-refractivity contribution in [2.24, 2.45) is 11.7 Å². The first-order valence-corrected chi connectivity index (χ1v) is 6.99. The topological polar surface area (TPSA) is 59.5 Å². The molecule has 1 amide bonds. The second kappa shape index (κ2) is 6.64. The number of rotatable bonds is 3. The maximum Gasteiger partial charge on any atom is 0.227 e. The summed E-state index contributed by atoms with van der Waals surface area (Å²) in [5.41, 5.74) is 5.91. The van der Waals surface area contributed by atoms with Crippen molar-refractivity contribution in [1.29, 1.82) is 0 Å². The molecular weight excluding hydrogens is 276 g/mol. The highest BCUT2D eigenvalue weighted by Gasteiger charge is 2.39. The van der Waals surface area contributed by atoms with Crippen LogP contribution in [0.1, 0.15) is 44.1 Å². The number of carbonyl (C=O) groups excluding carboxylic acids is 1. The summed E-state index contributed by atoms with van der Waals surface area (Å²) in [5.74, 6) is 1.76. The Labute approximate surface area is 127 Å². The largest absolute Gasteiger partial charge is 0.464 e. The molecule has 1 fully saturated rings. The molecule has 5 heteroatoms. The lowest BCUT2D eigenvalue weighted by atomic mass is 9.74. The van der Waals surface area contributed by atoms with Crippen molar-refractivity contribution in [3.8, 4) is 0 Å². The van der Waals surface area contributed by atoms with E-state index in [1.165, 1.54) is 0 Å². The van der Waals surface area contributed by atoms with Crippen LogP contribution in [0.25, 0.3) is 0 Å². The van der Waals surface area contributed by atoms with E-state index in [4.69, 9.17) is 10.2 Å². The van der Waals surface area contributed by atoms with E-state index in [1.54, 1.807) is 4.90 Å². The molecule has 1 aromatic rings. The van der Waals surface area contributed by atoms with Crippen LogP contribution in [0.15, 0.2) is 16.5 Å². The zero-order chi connectivity index (χ0) is 14.0. The summed E-state index contributed by atoms with van der Waals surface area (Å²) in [6.45, 7) is 4.42. The lowest BCUT2D eigenvalue weighted by Gasteiger charge is -2.39. The average molecular weight is 301 g/mol. The Balaban J connectivity index is 0.00000200. The highest BCUT2D eigenvalue weighted by atomic mass is 35.5. The second-order valence-corrected chi connectivity index (χ2v) is 6.01. The molecule has 2 N–H and O–H groups in total. The Bertz CT molecular complexity index is 456. The summed E-state index contributed by atoms with van der Waals surface area (Å²) in [5, 5.41) is 0. The standard InChI is InChI=1S/C15H24N2O2.ClH/c1-11-7-8-12(19-11)10-17(3)14(18)13-6-4-5-9-15(13,2)16;/h7-8,13H,4-6,9-10,16H2,1-3H3;1H. The van der Waals surface area contributed by atoms with E-state index in [9.17, 15) is 4.79 Å². The number of nitrogens with two attached hydrogens (primary N) is 1. The zero-order valence-corrected chi connectivity index (χ0v) is 13.3. The molecule has 1 aliphatic rings. The lowest BCUT2D eigenvalue weighted by molar-refractivity contribution is -0.138. The van der Waals surface area contributed by atoms with E-state index in [-0.39, 0.29) is 29.8 Å². The highest BCUT2D eigenvalue weighted by molar-refractivity contribution is 5.85. The minimum absolute atomic E-state index is 0. The zero-order valence-electron chi connectivity index (χ0n) is 12.5. The predicted octanol–water partition coefficient (Wildman–Crippen LogP) is 2.88. The summed E-state index contributed by atoms with van der Waals surface area (Å²) in [7, 11) is 1.82. The van der Waals surface area contributed by atoms with E-state index in [1.807, 2.05) is 33.0 Å². The third-order valence-corrected chi connectivity index (χ3v) is 4.12. The first-order chi connectivity index (χ1) is 8.90. The van der Waals surface area contributed by atoms with E-state index >= 15 is 0 Å². The highest BCUT2D eigenvalue weighted by Crippen LogP contribution is 2.33. The summed E-state index contributed by atoms with van der Waals surface area (Å²) in [6, 6.07) is 3.84. The maximum absolute atomic E-state index is 12.5. The van der Waals surface area contributed by atoms with Crippen molar-refractivity contribution < 1.29 is 9.21 Å². The van der Waals surface area contributed by atoms with Gasteiger partial charge in [0.2, 0.25) is 5.91 Å². The van der Waals surface area contributed by atoms with Crippen LogP contribution >= 0.6 is 12.4 Å². The van der Waals surface area contributed by atoms with Crippen molar-refractivity contribution in [2.45, 2.75) is 51.6 Å². The minimum atomic E-state index is -0.372. The maximum atomic E-state index is 12.5. The van der Waals surface area contributed by atoms with E-state index in [0.717, 1.165) is 37.2 Å². The first-order valence-electron chi connectivity index (χ1n) is 6.99. The Morgan fingerprint density at radius 1 is 1.50 bits per heavy atom. The van der Waals surface area contributed by atoms with Crippen molar-refractivity contribution >= 4 is 18.3 Å². The number of furan rings is 1. The van der Waals surface area contributed by atoms with Gasteiger partial charge in [0.05, 0.1) is 12.5 Å². The van der Waals surface area contributed by atoms with Crippen LogP contribution in [-0.4, -0.2) is 23.4 Å². The molecule has 0 bridgehead atoms. The van der Waals surface area contributed by atoms with Gasteiger partial charge in [-0.25, -0.2) is 0 Å². The van der Waals surface area contributed by atoms with E-state index in [2.05, 4.69) is 0 Å². The van der Waals surface area contributed by atoms with Crippen molar-refractivity contribution in [2.75, 3.05) is 7.05 Å². The molecule has 0 radical (unpaired) electrons. The van der Waals surface area contributed by atoms with Crippen LogP contribution in [0.4, 0.5) is 0 Å². The van der Waals surface area contributed by atoms with Crippen LogP contribution < -0.4 is 5.73 Å². The molecule has 0 aliphatic heterocycles. The quantitative estimate of drug-likeness (QED) is 0.934. The van der Waals surface area contributed by atoms with Gasteiger partial charge in [0.15, 0.2) is 0 Å². The normalized spacial score (nSPS) is 25.9. The van der Waals surface area contributed by atoms with E-state index in [0.29, 0.717) is 6.54 Å². The van der Waals surface area contributed by atoms with Gasteiger partial charge < -0.3 is 15.1 Å². The molecule has 4 nitrogen and oxygen atoms in total. The first kappa shape index (κ1) is 17.1. The fourth-order valence-electron chi connectivity index (χ4n) is 2.91. The minimum Gasteiger partial charge on any atom is -0.464 e. The molecule has 20 heavy (non-hydrogen) atoms. The Hall–Kier alpha value is -1.00. The molecule has 0 spiro atoms. The molecule has 2 rings (SSSR count). The molecule has 1 aliphatic carbocycles. The molecule has 1 aromatic heterocycles. The van der Waals surface area contributed by atoms with Crippen LogP contribution in [0.2, 0.25) is 0 Å². The van der Waals surface area contributed by atoms with Gasteiger partial charge in [-0.15, -0.1) is 12.4 Å². The summed E-state index contributed by atoms with van der Waals surface area (Å²) in [6.07, 6.45) is 4.04. The molecule has 1 saturated carbocycles. The number of amides is 1. The average Bonchev–Trinajstić information content (AvgIpc) is 2.73. The fourth-order valence-corrected chi connectivity index (χ4v) is 2.91. The van der Waals surface area contributed by atoms with Gasteiger partial charge in [-0.3, -0.25) is 4.79 Å². The monoisotopic (exact) mass is 300 g/mol. The van der Waals surface area contributed by atoms with Gasteiger partial charge in [-0.05, 0) is 38.8 Å². The predicted molar refractivity (Wildman–Crippen MR) is 81.7 cm³/mol. The van der Waals surface area contributed by atoms with Crippen LogP contribution in [-0.2, 0) is 11.3 Å². The fraction of sp³-hybridized carbons (Fsp3) is 0.667. The number of halogens is 1. The van der Waals surface area contributed by atoms with Gasteiger partial charge in [-0.1, -0.05) is 12.8 Å². The molecule has 2 unspecified atom stereocenters. The number of hydrogen-bond acceptors (Lipinski definition) is 3. The number of aryl methyl sites for hydroxylation is 1. The van der Waals surface area contributed by atoms with Gasteiger partial charge >= 0.3 is 0 Å². The summed E-state index contributed by atoms with van der Waals surface area (Å²) < 4.78 is 5.52. The SMILES string of the molecule is Cc1ccc(CN(C)C(=O)C2CCCCC2(C)N)o1.Cl. The van der Waals surface area contributed by atoms with Gasteiger partial charge in [0, 0.05) is 12.6 Å². The summed E-state index contributed by atoms with van der Waals surface area (Å²) >= 11 is 0.